The van der Waals surface area contributed by atoms with E-state index in [2.05, 4.69) is 41.3 Å². The summed E-state index contributed by atoms with van der Waals surface area (Å²) in [6, 6.07) is 17.8. The lowest BCUT2D eigenvalue weighted by atomic mass is 10.1. The summed E-state index contributed by atoms with van der Waals surface area (Å²) >= 11 is 4.95. The zero-order valence-corrected chi connectivity index (χ0v) is 18.8. The molecular weight excluding hydrogens is 478 g/mol. The molecule has 9 heteroatoms. The molecule has 1 N–H and O–H groups in total. The summed E-state index contributed by atoms with van der Waals surface area (Å²) in [5.74, 6) is 2.02. The third kappa shape index (κ3) is 4.19. The van der Waals surface area contributed by atoms with Gasteiger partial charge in [0.05, 0.1) is 17.6 Å². The minimum Gasteiger partial charge on any atom is -0.420 e. The van der Waals surface area contributed by atoms with Crippen molar-refractivity contribution >= 4 is 27.7 Å². The highest BCUT2D eigenvalue weighted by atomic mass is 79.9. The Hall–Kier alpha value is -3.17. The normalized spacial score (nSPS) is 11.2. The van der Waals surface area contributed by atoms with Gasteiger partial charge in [0.2, 0.25) is 5.89 Å². The highest BCUT2D eigenvalue weighted by Gasteiger charge is 2.22. The molecular formula is C22H16BrN5O2S. The number of aromatic amines is 1. The van der Waals surface area contributed by atoms with Crippen molar-refractivity contribution in [3.63, 3.8) is 0 Å². The molecule has 0 bridgehead atoms. The largest absolute Gasteiger partial charge is 0.420 e. The third-order valence-corrected chi connectivity index (χ3v) is 6.03. The van der Waals surface area contributed by atoms with Crippen molar-refractivity contribution in [2.24, 2.45) is 0 Å². The third-order valence-electron chi connectivity index (χ3n) is 4.63. The molecule has 3 heterocycles. The van der Waals surface area contributed by atoms with Gasteiger partial charge in [-0.1, -0.05) is 75.3 Å². The van der Waals surface area contributed by atoms with Crippen molar-refractivity contribution in [2.75, 3.05) is 0 Å². The standard InChI is InChI=1S/C22H16BrN5O2S/c1-13-19(20(28-30-13)15-5-3-2-4-6-15)21-27-26-18(29-21)12-31-22-24-11-17(25-22)14-7-9-16(23)10-8-14/h2-11H,12H2,1H3,(H,24,25). The minimum atomic E-state index is 0.392. The molecule has 31 heavy (non-hydrogen) atoms. The molecule has 0 amide bonds. The first-order valence-electron chi connectivity index (χ1n) is 9.45. The second kappa shape index (κ2) is 8.52. The van der Waals surface area contributed by atoms with Crippen molar-refractivity contribution in [3.05, 3.63) is 76.9 Å². The highest BCUT2D eigenvalue weighted by Crippen LogP contribution is 2.34. The Morgan fingerprint density at radius 2 is 1.81 bits per heavy atom. The van der Waals surface area contributed by atoms with Gasteiger partial charge in [0.15, 0.2) is 5.16 Å². The van der Waals surface area contributed by atoms with Gasteiger partial charge in [-0.3, -0.25) is 0 Å². The number of nitrogens with zero attached hydrogens (tertiary/aromatic N) is 4. The molecule has 0 saturated carbocycles. The molecule has 5 rings (SSSR count). The van der Waals surface area contributed by atoms with Crippen molar-refractivity contribution in [3.8, 4) is 34.0 Å². The quantitative estimate of drug-likeness (QED) is 0.283. The van der Waals surface area contributed by atoms with Gasteiger partial charge < -0.3 is 13.9 Å². The Labute approximate surface area is 190 Å². The number of H-pyrrole nitrogens is 1. The van der Waals surface area contributed by atoms with Crippen LogP contribution in [0.2, 0.25) is 0 Å². The summed E-state index contributed by atoms with van der Waals surface area (Å²) in [6.07, 6.45) is 1.82. The van der Waals surface area contributed by atoms with Gasteiger partial charge in [-0.15, -0.1) is 10.2 Å². The molecule has 0 atom stereocenters. The zero-order valence-electron chi connectivity index (χ0n) is 16.4. The van der Waals surface area contributed by atoms with Gasteiger partial charge in [-0.2, -0.15) is 0 Å². The van der Waals surface area contributed by atoms with Crippen LogP contribution in [0.4, 0.5) is 0 Å². The molecule has 5 aromatic rings. The lowest BCUT2D eigenvalue weighted by molar-refractivity contribution is 0.399. The summed E-state index contributed by atoms with van der Waals surface area (Å²) < 4.78 is 12.3. The maximum atomic E-state index is 5.91. The van der Waals surface area contributed by atoms with Crippen LogP contribution >= 0.6 is 27.7 Å². The van der Waals surface area contributed by atoms with E-state index >= 15 is 0 Å². The number of aromatic nitrogens is 5. The first-order chi connectivity index (χ1) is 15.2. The van der Waals surface area contributed by atoms with Gasteiger partial charge in [-0.25, -0.2) is 4.98 Å². The Bertz CT molecular complexity index is 1310. The lowest BCUT2D eigenvalue weighted by Gasteiger charge is -1.98. The fraction of sp³-hybridized carbons (Fsp3) is 0.0909. The van der Waals surface area contributed by atoms with Crippen LogP contribution in [-0.2, 0) is 5.75 Å². The van der Waals surface area contributed by atoms with Crippen molar-refractivity contribution in [2.45, 2.75) is 17.8 Å². The van der Waals surface area contributed by atoms with Crippen LogP contribution in [0, 0.1) is 6.92 Å². The van der Waals surface area contributed by atoms with Gasteiger partial charge >= 0.3 is 0 Å². The molecule has 2 aromatic carbocycles. The van der Waals surface area contributed by atoms with Crippen LogP contribution in [0.3, 0.4) is 0 Å². The highest BCUT2D eigenvalue weighted by molar-refractivity contribution is 9.10. The van der Waals surface area contributed by atoms with Crippen LogP contribution < -0.4 is 0 Å². The van der Waals surface area contributed by atoms with E-state index in [4.69, 9.17) is 8.94 Å². The topological polar surface area (TPSA) is 93.6 Å². The molecule has 3 aromatic heterocycles. The molecule has 0 aliphatic rings. The zero-order chi connectivity index (χ0) is 21.2. The fourth-order valence-corrected chi connectivity index (χ4v) is 4.06. The van der Waals surface area contributed by atoms with Crippen LogP contribution in [0.15, 0.2) is 79.4 Å². The summed E-state index contributed by atoms with van der Waals surface area (Å²) in [6.45, 7) is 1.83. The second-order valence-electron chi connectivity index (χ2n) is 6.73. The maximum absolute atomic E-state index is 5.91. The van der Waals surface area contributed by atoms with E-state index in [0.717, 1.165) is 26.4 Å². The molecule has 0 radical (unpaired) electrons. The maximum Gasteiger partial charge on any atom is 0.253 e. The number of rotatable bonds is 6. The molecule has 0 aliphatic heterocycles. The van der Waals surface area contributed by atoms with Crippen LogP contribution in [-0.4, -0.2) is 25.3 Å². The Balaban J connectivity index is 1.32. The van der Waals surface area contributed by atoms with Gasteiger partial charge in [0.1, 0.15) is 17.0 Å². The van der Waals surface area contributed by atoms with E-state index in [0.29, 0.717) is 34.6 Å². The molecule has 154 valence electrons. The average molecular weight is 494 g/mol. The SMILES string of the molecule is Cc1onc(-c2ccccc2)c1-c1nnc(CSc2ncc(-c3ccc(Br)cc3)[nH]2)o1. The van der Waals surface area contributed by atoms with Gasteiger partial charge in [0, 0.05) is 10.0 Å². The molecule has 7 nitrogen and oxygen atoms in total. The number of hydrogen-bond donors (Lipinski definition) is 1. The molecule has 0 unspecified atom stereocenters. The number of benzene rings is 2. The fourth-order valence-electron chi connectivity index (χ4n) is 3.11. The summed E-state index contributed by atoms with van der Waals surface area (Å²) in [5.41, 5.74) is 4.35. The van der Waals surface area contributed by atoms with Crippen LogP contribution in [0.5, 0.6) is 0 Å². The van der Waals surface area contributed by atoms with Gasteiger partial charge in [-0.05, 0) is 24.6 Å². The molecule has 0 spiro atoms. The van der Waals surface area contributed by atoms with E-state index in [9.17, 15) is 0 Å². The Morgan fingerprint density at radius 1 is 1.00 bits per heavy atom. The first-order valence-corrected chi connectivity index (χ1v) is 11.2. The monoisotopic (exact) mass is 493 g/mol. The average Bonchev–Trinajstić information content (AvgIpc) is 3.53. The van der Waals surface area contributed by atoms with Gasteiger partial charge in [0.25, 0.3) is 5.89 Å². The van der Waals surface area contributed by atoms with Crippen LogP contribution in [0.1, 0.15) is 11.7 Å². The second-order valence-corrected chi connectivity index (χ2v) is 8.61. The van der Waals surface area contributed by atoms with Crippen molar-refractivity contribution in [1.29, 1.82) is 0 Å². The van der Waals surface area contributed by atoms with Crippen molar-refractivity contribution < 1.29 is 8.94 Å². The van der Waals surface area contributed by atoms with Crippen molar-refractivity contribution in [1.82, 2.24) is 25.3 Å². The Kier molecular flexibility index (Phi) is 5.44. The Morgan fingerprint density at radius 3 is 2.61 bits per heavy atom. The summed E-state index contributed by atoms with van der Waals surface area (Å²) in [4.78, 5) is 7.75. The summed E-state index contributed by atoms with van der Waals surface area (Å²) in [7, 11) is 0. The molecule has 0 fully saturated rings. The number of nitrogens with one attached hydrogen (secondary N) is 1. The number of thioether (sulfide) groups is 1. The number of imidazole rings is 1. The lowest BCUT2D eigenvalue weighted by Crippen LogP contribution is -1.84. The van der Waals surface area contributed by atoms with Crippen LogP contribution in [0.25, 0.3) is 34.0 Å². The number of aryl methyl sites for hydroxylation is 1. The minimum absolute atomic E-state index is 0.392. The predicted octanol–water partition coefficient (Wildman–Crippen LogP) is 6.14. The number of halogens is 1. The number of hydrogen-bond acceptors (Lipinski definition) is 7. The van der Waals surface area contributed by atoms with E-state index in [1.165, 1.54) is 11.8 Å². The van der Waals surface area contributed by atoms with E-state index in [1.54, 1.807) is 0 Å². The molecule has 0 aliphatic carbocycles. The smallest absolute Gasteiger partial charge is 0.253 e. The van der Waals surface area contributed by atoms with E-state index in [-0.39, 0.29) is 0 Å². The van der Waals surface area contributed by atoms with E-state index < -0.39 is 0 Å². The first kappa shape index (κ1) is 19.8. The summed E-state index contributed by atoms with van der Waals surface area (Å²) in [5, 5.41) is 13.4. The van der Waals surface area contributed by atoms with E-state index in [1.807, 2.05) is 67.7 Å². The molecule has 0 saturated heterocycles. The predicted molar refractivity (Wildman–Crippen MR) is 121 cm³/mol.